The summed E-state index contributed by atoms with van der Waals surface area (Å²) in [5, 5.41) is 3.47. The van der Waals surface area contributed by atoms with Crippen LogP contribution in [0.3, 0.4) is 0 Å². The van der Waals surface area contributed by atoms with Crippen LogP contribution in [0.15, 0.2) is 0 Å². The van der Waals surface area contributed by atoms with E-state index in [2.05, 4.69) is 12.2 Å². The van der Waals surface area contributed by atoms with E-state index in [0.29, 0.717) is 5.92 Å². The first-order valence-electron chi connectivity index (χ1n) is 8.16. The Kier molecular flexibility index (Phi) is 6.30. The molecule has 2 unspecified atom stereocenters. The van der Waals surface area contributed by atoms with Gasteiger partial charge in [0.25, 0.3) is 0 Å². The topological polar surface area (TPSA) is 55.4 Å². The molecule has 1 heterocycles. The lowest BCUT2D eigenvalue weighted by Gasteiger charge is -2.25. The Morgan fingerprint density at radius 1 is 1.20 bits per heavy atom. The summed E-state index contributed by atoms with van der Waals surface area (Å²) in [5.74, 6) is 1.04. The van der Waals surface area contributed by atoms with E-state index < -0.39 is 9.84 Å². The van der Waals surface area contributed by atoms with Gasteiger partial charge in [-0.1, -0.05) is 19.8 Å². The summed E-state index contributed by atoms with van der Waals surface area (Å²) in [6.07, 6.45) is 7.75. The van der Waals surface area contributed by atoms with Crippen LogP contribution in [0.5, 0.6) is 0 Å². The maximum atomic E-state index is 12.4. The van der Waals surface area contributed by atoms with Crippen molar-refractivity contribution in [3.63, 3.8) is 0 Å². The van der Waals surface area contributed by atoms with Crippen molar-refractivity contribution >= 4 is 9.84 Å². The highest BCUT2D eigenvalue weighted by molar-refractivity contribution is 7.91. The van der Waals surface area contributed by atoms with Gasteiger partial charge in [-0.05, 0) is 44.6 Å². The molecular formula is C15H29NO3S. The SMILES string of the molecule is CCCNC(CS(=O)(=O)CC1CCCO1)C1CCCC1. The van der Waals surface area contributed by atoms with E-state index in [9.17, 15) is 8.42 Å². The minimum absolute atomic E-state index is 0.0598. The van der Waals surface area contributed by atoms with E-state index in [4.69, 9.17) is 4.74 Å². The molecule has 0 aromatic carbocycles. The molecule has 0 spiro atoms. The molecule has 20 heavy (non-hydrogen) atoms. The van der Waals surface area contributed by atoms with E-state index in [1.165, 1.54) is 25.7 Å². The number of hydrogen-bond donors (Lipinski definition) is 1. The largest absolute Gasteiger partial charge is 0.377 e. The van der Waals surface area contributed by atoms with Gasteiger partial charge in [0.05, 0.1) is 17.6 Å². The van der Waals surface area contributed by atoms with Crippen molar-refractivity contribution in [1.29, 1.82) is 0 Å². The standard InChI is InChI=1S/C15H29NO3S/c1-2-9-16-15(13-6-3-4-7-13)12-20(17,18)11-14-8-5-10-19-14/h13-16H,2-12H2,1H3. The molecule has 1 aliphatic carbocycles. The first kappa shape index (κ1) is 16.2. The molecule has 0 amide bonds. The van der Waals surface area contributed by atoms with Gasteiger partial charge >= 0.3 is 0 Å². The number of nitrogens with one attached hydrogen (secondary N) is 1. The molecule has 1 saturated heterocycles. The molecule has 118 valence electrons. The van der Waals surface area contributed by atoms with Gasteiger partial charge in [-0.25, -0.2) is 8.42 Å². The maximum Gasteiger partial charge on any atom is 0.154 e. The van der Waals surface area contributed by atoms with Gasteiger partial charge in [-0.3, -0.25) is 0 Å². The number of rotatable bonds is 8. The second kappa shape index (κ2) is 7.76. The predicted octanol–water partition coefficient (Wildman–Crippen LogP) is 2.14. The Labute approximate surface area is 123 Å². The van der Waals surface area contributed by atoms with Crippen LogP contribution >= 0.6 is 0 Å². The number of sulfone groups is 1. The monoisotopic (exact) mass is 303 g/mol. The average Bonchev–Trinajstić information content (AvgIpc) is 3.06. The van der Waals surface area contributed by atoms with Gasteiger partial charge in [0.2, 0.25) is 0 Å². The summed E-state index contributed by atoms with van der Waals surface area (Å²) < 4.78 is 30.3. The molecule has 5 heteroatoms. The van der Waals surface area contributed by atoms with Gasteiger partial charge in [-0.2, -0.15) is 0 Å². The second-order valence-corrected chi connectivity index (χ2v) is 8.47. The minimum atomic E-state index is -3.02. The summed E-state index contributed by atoms with van der Waals surface area (Å²) in [6.45, 7) is 3.76. The Morgan fingerprint density at radius 2 is 1.95 bits per heavy atom. The molecule has 1 aliphatic heterocycles. The van der Waals surface area contributed by atoms with Crippen molar-refractivity contribution in [2.24, 2.45) is 5.92 Å². The van der Waals surface area contributed by atoms with Crippen molar-refractivity contribution in [2.75, 3.05) is 24.7 Å². The molecule has 0 aromatic heterocycles. The lowest BCUT2D eigenvalue weighted by Crippen LogP contribution is -2.42. The van der Waals surface area contributed by atoms with Crippen LogP contribution < -0.4 is 5.32 Å². The number of hydrogen-bond acceptors (Lipinski definition) is 4. The van der Waals surface area contributed by atoms with Crippen LogP contribution in [0, 0.1) is 5.92 Å². The minimum Gasteiger partial charge on any atom is -0.377 e. The Bertz CT molecular complexity index is 371. The van der Waals surface area contributed by atoms with Gasteiger partial charge < -0.3 is 10.1 Å². The number of ether oxygens (including phenoxy) is 1. The fraction of sp³-hybridized carbons (Fsp3) is 1.00. The molecule has 2 aliphatic rings. The smallest absolute Gasteiger partial charge is 0.154 e. The summed E-state index contributed by atoms with van der Waals surface area (Å²) in [5.41, 5.74) is 0. The normalized spacial score (nSPS) is 26.1. The van der Waals surface area contributed by atoms with Crippen LogP contribution in [0.25, 0.3) is 0 Å². The first-order chi connectivity index (χ1) is 9.61. The Hall–Kier alpha value is -0.130. The quantitative estimate of drug-likeness (QED) is 0.746. The summed E-state index contributed by atoms with van der Waals surface area (Å²) in [6, 6.07) is 0.142. The highest BCUT2D eigenvalue weighted by Crippen LogP contribution is 2.28. The molecule has 2 rings (SSSR count). The van der Waals surface area contributed by atoms with E-state index in [0.717, 1.165) is 32.4 Å². The molecule has 2 atom stereocenters. The van der Waals surface area contributed by atoms with E-state index in [1.807, 2.05) is 0 Å². The highest BCUT2D eigenvalue weighted by atomic mass is 32.2. The third-order valence-electron chi connectivity index (χ3n) is 4.52. The highest BCUT2D eigenvalue weighted by Gasteiger charge is 2.31. The summed E-state index contributed by atoms with van der Waals surface area (Å²) in [7, 11) is -3.02. The van der Waals surface area contributed by atoms with Crippen LogP contribution in [0.4, 0.5) is 0 Å². The first-order valence-corrected chi connectivity index (χ1v) is 9.98. The molecule has 0 aromatic rings. The van der Waals surface area contributed by atoms with E-state index in [-0.39, 0.29) is 23.7 Å². The van der Waals surface area contributed by atoms with Crippen LogP contribution in [0.1, 0.15) is 51.9 Å². The van der Waals surface area contributed by atoms with Crippen molar-refractivity contribution in [3.05, 3.63) is 0 Å². The molecule has 1 saturated carbocycles. The second-order valence-electron chi connectivity index (χ2n) is 6.32. The van der Waals surface area contributed by atoms with E-state index in [1.54, 1.807) is 0 Å². The molecule has 1 N–H and O–H groups in total. The maximum absolute atomic E-state index is 12.4. The van der Waals surface area contributed by atoms with Gasteiger partial charge in [0, 0.05) is 12.6 Å². The average molecular weight is 303 g/mol. The zero-order valence-corrected chi connectivity index (χ0v) is 13.5. The summed E-state index contributed by atoms with van der Waals surface area (Å²) >= 11 is 0. The summed E-state index contributed by atoms with van der Waals surface area (Å²) in [4.78, 5) is 0. The molecule has 0 bridgehead atoms. The third-order valence-corrected chi connectivity index (χ3v) is 6.27. The molecule has 0 radical (unpaired) electrons. The predicted molar refractivity (Wildman–Crippen MR) is 81.7 cm³/mol. The van der Waals surface area contributed by atoms with Crippen LogP contribution in [-0.2, 0) is 14.6 Å². The third kappa shape index (κ3) is 5.01. The Balaban J connectivity index is 1.90. The molecular weight excluding hydrogens is 274 g/mol. The fourth-order valence-electron chi connectivity index (χ4n) is 3.45. The Morgan fingerprint density at radius 3 is 2.55 bits per heavy atom. The van der Waals surface area contributed by atoms with Crippen LogP contribution in [0.2, 0.25) is 0 Å². The molecule has 4 nitrogen and oxygen atoms in total. The lowest BCUT2D eigenvalue weighted by molar-refractivity contribution is 0.127. The van der Waals surface area contributed by atoms with Gasteiger partial charge in [0.1, 0.15) is 0 Å². The van der Waals surface area contributed by atoms with Crippen molar-refractivity contribution in [3.8, 4) is 0 Å². The van der Waals surface area contributed by atoms with Gasteiger partial charge in [-0.15, -0.1) is 0 Å². The molecule has 2 fully saturated rings. The fourth-order valence-corrected chi connectivity index (χ4v) is 5.35. The lowest BCUT2D eigenvalue weighted by atomic mass is 10.00. The van der Waals surface area contributed by atoms with Crippen molar-refractivity contribution in [2.45, 2.75) is 64.0 Å². The van der Waals surface area contributed by atoms with Gasteiger partial charge in [0.15, 0.2) is 9.84 Å². The zero-order chi connectivity index (χ0) is 14.4. The van der Waals surface area contributed by atoms with E-state index >= 15 is 0 Å². The van der Waals surface area contributed by atoms with Crippen molar-refractivity contribution in [1.82, 2.24) is 5.32 Å². The van der Waals surface area contributed by atoms with Crippen LogP contribution in [-0.4, -0.2) is 45.2 Å². The van der Waals surface area contributed by atoms with Crippen molar-refractivity contribution < 1.29 is 13.2 Å². The zero-order valence-electron chi connectivity index (χ0n) is 12.6.